The van der Waals surface area contributed by atoms with Crippen LogP contribution in [-0.4, -0.2) is 26.3 Å². The minimum absolute atomic E-state index is 0. The van der Waals surface area contributed by atoms with Gasteiger partial charge in [0.2, 0.25) is 0 Å². The van der Waals surface area contributed by atoms with E-state index in [-0.39, 0.29) is 1.43 Å². The van der Waals surface area contributed by atoms with Gasteiger partial charge in [-0.25, -0.2) is 0 Å². The summed E-state index contributed by atoms with van der Waals surface area (Å²) in [4.78, 5) is 0. The summed E-state index contributed by atoms with van der Waals surface area (Å²) < 4.78 is 0. The van der Waals surface area contributed by atoms with Gasteiger partial charge in [-0.1, -0.05) is 43.7 Å². The lowest BCUT2D eigenvalue weighted by Crippen LogP contribution is -1.90. The molecule has 0 saturated heterocycles. The van der Waals surface area contributed by atoms with Crippen LogP contribution in [0.4, 0.5) is 0 Å². The molecule has 0 aliphatic rings. The first-order valence-electron chi connectivity index (χ1n) is 5.75. The summed E-state index contributed by atoms with van der Waals surface area (Å²) in [5, 5.41) is 9.75. The second kappa shape index (κ2) is 12.2. The van der Waals surface area contributed by atoms with Crippen LogP contribution in [0.3, 0.4) is 0 Å². The Bertz CT molecular complexity index is 254. The molecule has 0 amide bonds. The maximum atomic E-state index is 7.00. The molecule has 0 aromatic heterocycles. The minimum Gasteiger partial charge on any atom is -0.400 e. The number of hydrogen-bond donors (Lipinski definition) is 2. The molecule has 0 aliphatic carbocycles. The molecule has 2 nitrogen and oxygen atoms in total. The molecule has 1 atom stereocenters. The van der Waals surface area contributed by atoms with Crippen molar-refractivity contribution in [2.24, 2.45) is 0 Å². The molecule has 0 aliphatic heterocycles. The standard InChI is InChI=1S/C11H16.C2H7N.CH4O.H2/c1-4-10(3)11-7-5-6-9(2)8-11;1-3-2;1-2;/h5-8,10H,4H2,1-3H3;3H,1-2H3;2H,1H3;1H. The van der Waals surface area contributed by atoms with E-state index >= 15 is 0 Å². The van der Waals surface area contributed by atoms with Crippen molar-refractivity contribution in [1.29, 1.82) is 0 Å². The highest BCUT2D eigenvalue weighted by atomic mass is 16.2. The third-order valence-electron chi connectivity index (χ3n) is 2.22. The van der Waals surface area contributed by atoms with Crippen molar-refractivity contribution in [3.63, 3.8) is 0 Å². The Kier molecular flexibility index (Phi) is 13.4. The smallest absolute Gasteiger partial charge is 0.0319 e. The van der Waals surface area contributed by atoms with E-state index in [1.165, 1.54) is 17.5 Å². The maximum Gasteiger partial charge on any atom is 0.0319 e. The lowest BCUT2D eigenvalue weighted by atomic mass is 9.97. The SMILES string of the molecule is CCC(C)c1cccc(C)c1.CNC.CO.[HH]. The molecule has 1 aromatic carbocycles. The second-order valence-electron chi connectivity index (χ2n) is 3.72. The van der Waals surface area contributed by atoms with Gasteiger partial charge in [0.15, 0.2) is 0 Å². The monoisotopic (exact) mass is 227 g/mol. The topological polar surface area (TPSA) is 32.3 Å². The van der Waals surface area contributed by atoms with Crippen molar-refractivity contribution in [1.82, 2.24) is 5.32 Å². The van der Waals surface area contributed by atoms with E-state index in [2.05, 4.69) is 50.4 Å². The molecule has 0 fully saturated rings. The molecular formula is C14H29NO. The van der Waals surface area contributed by atoms with Gasteiger partial charge in [0.05, 0.1) is 0 Å². The summed E-state index contributed by atoms with van der Waals surface area (Å²) in [5.74, 6) is 0.704. The van der Waals surface area contributed by atoms with E-state index < -0.39 is 0 Å². The summed E-state index contributed by atoms with van der Waals surface area (Å²) >= 11 is 0. The third-order valence-corrected chi connectivity index (χ3v) is 2.22. The number of hydrogen-bond acceptors (Lipinski definition) is 2. The van der Waals surface area contributed by atoms with Crippen LogP contribution in [0.15, 0.2) is 24.3 Å². The Morgan fingerprint density at radius 1 is 1.31 bits per heavy atom. The zero-order chi connectivity index (χ0) is 13.0. The van der Waals surface area contributed by atoms with Gasteiger partial charge in [-0.3, -0.25) is 0 Å². The highest BCUT2D eigenvalue weighted by Gasteiger charge is 2.00. The number of aliphatic hydroxyl groups excluding tert-OH is 1. The van der Waals surface area contributed by atoms with Crippen molar-refractivity contribution in [2.75, 3.05) is 21.2 Å². The average molecular weight is 227 g/mol. The molecule has 1 unspecified atom stereocenters. The van der Waals surface area contributed by atoms with E-state index in [0.717, 1.165) is 7.11 Å². The highest BCUT2D eigenvalue weighted by Crippen LogP contribution is 2.18. The molecule has 16 heavy (non-hydrogen) atoms. The highest BCUT2D eigenvalue weighted by molar-refractivity contribution is 5.24. The predicted octanol–water partition coefficient (Wildman–Crippen LogP) is 3.20. The van der Waals surface area contributed by atoms with Crippen molar-refractivity contribution < 1.29 is 6.53 Å². The van der Waals surface area contributed by atoms with E-state index in [4.69, 9.17) is 5.11 Å². The van der Waals surface area contributed by atoms with Crippen LogP contribution in [0, 0.1) is 6.92 Å². The molecule has 1 aromatic rings. The van der Waals surface area contributed by atoms with Crippen LogP contribution in [-0.2, 0) is 0 Å². The molecule has 0 spiro atoms. The number of rotatable bonds is 2. The second-order valence-corrected chi connectivity index (χ2v) is 3.72. The Labute approximate surface area is 102 Å². The van der Waals surface area contributed by atoms with Crippen LogP contribution in [0.5, 0.6) is 0 Å². The first-order valence-corrected chi connectivity index (χ1v) is 5.75. The van der Waals surface area contributed by atoms with Crippen molar-refractivity contribution in [3.8, 4) is 0 Å². The summed E-state index contributed by atoms with van der Waals surface area (Å²) in [6, 6.07) is 8.76. The molecule has 0 bridgehead atoms. The Morgan fingerprint density at radius 2 is 1.81 bits per heavy atom. The largest absolute Gasteiger partial charge is 0.400 e. The van der Waals surface area contributed by atoms with Crippen LogP contribution >= 0.6 is 0 Å². The van der Waals surface area contributed by atoms with Gasteiger partial charge in [0.25, 0.3) is 0 Å². The van der Waals surface area contributed by atoms with Gasteiger partial charge >= 0.3 is 0 Å². The fraction of sp³-hybridized carbons (Fsp3) is 0.571. The third kappa shape index (κ3) is 8.45. The zero-order valence-electron chi connectivity index (χ0n) is 11.5. The lowest BCUT2D eigenvalue weighted by Gasteiger charge is -2.08. The summed E-state index contributed by atoms with van der Waals surface area (Å²) in [5.41, 5.74) is 2.83. The summed E-state index contributed by atoms with van der Waals surface area (Å²) in [6.07, 6.45) is 1.23. The molecule has 2 N–H and O–H groups in total. The average Bonchev–Trinajstić information content (AvgIpc) is 2.32. The van der Waals surface area contributed by atoms with Gasteiger partial charge in [-0.05, 0) is 38.9 Å². The fourth-order valence-corrected chi connectivity index (χ4v) is 1.21. The first kappa shape index (κ1) is 17.5. The van der Waals surface area contributed by atoms with Crippen molar-refractivity contribution in [2.45, 2.75) is 33.1 Å². The van der Waals surface area contributed by atoms with Crippen LogP contribution in [0.25, 0.3) is 0 Å². The van der Waals surface area contributed by atoms with Gasteiger partial charge in [-0.2, -0.15) is 0 Å². The normalized spacial score (nSPS) is 10.4. The number of aryl methyl sites for hydroxylation is 1. The Hall–Kier alpha value is -0.860. The van der Waals surface area contributed by atoms with Gasteiger partial charge in [0.1, 0.15) is 0 Å². The summed E-state index contributed by atoms with van der Waals surface area (Å²) in [7, 11) is 4.75. The van der Waals surface area contributed by atoms with Crippen LogP contribution < -0.4 is 5.32 Å². The fourth-order valence-electron chi connectivity index (χ4n) is 1.21. The predicted molar refractivity (Wildman–Crippen MR) is 75.1 cm³/mol. The molecule has 0 radical (unpaired) electrons. The van der Waals surface area contributed by atoms with E-state index in [1.807, 2.05) is 14.1 Å². The molecule has 1 rings (SSSR count). The van der Waals surface area contributed by atoms with Crippen molar-refractivity contribution in [3.05, 3.63) is 35.4 Å². The lowest BCUT2D eigenvalue weighted by molar-refractivity contribution is 0.399. The molecular weight excluding hydrogens is 198 g/mol. The molecule has 96 valence electrons. The van der Waals surface area contributed by atoms with Crippen LogP contribution in [0.1, 0.15) is 38.7 Å². The van der Waals surface area contributed by atoms with E-state index in [1.54, 1.807) is 0 Å². The van der Waals surface area contributed by atoms with E-state index in [0.29, 0.717) is 5.92 Å². The Morgan fingerprint density at radius 3 is 2.19 bits per heavy atom. The molecule has 0 heterocycles. The number of benzene rings is 1. The van der Waals surface area contributed by atoms with Crippen molar-refractivity contribution >= 4 is 0 Å². The van der Waals surface area contributed by atoms with Gasteiger partial charge in [0, 0.05) is 8.54 Å². The molecule has 0 saturated carbocycles. The first-order chi connectivity index (χ1) is 7.65. The number of aliphatic hydroxyl groups is 1. The Balaban J connectivity index is -0.000000286. The minimum atomic E-state index is 0. The van der Waals surface area contributed by atoms with Gasteiger partial charge < -0.3 is 10.4 Å². The summed E-state index contributed by atoms with van der Waals surface area (Å²) in [6.45, 7) is 6.65. The van der Waals surface area contributed by atoms with Gasteiger partial charge in [-0.15, -0.1) is 0 Å². The van der Waals surface area contributed by atoms with Crippen LogP contribution in [0.2, 0.25) is 0 Å². The molecule has 2 heteroatoms. The van der Waals surface area contributed by atoms with E-state index in [9.17, 15) is 0 Å². The zero-order valence-corrected chi connectivity index (χ0v) is 11.5. The maximum absolute atomic E-state index is 7.00. The number of nitrogens with one attached hydrogen (secondary N) is 1. The quantitative estimate of drug-likeness (QED) is 0.813.